The molecule has 1 aromatic carbocycles. The molecule has 13 heteroatoms. The van der Waals surface area contributed by atoms with Gasteiger partial charge in [-0.3, -0.25) is 9.59 Å². The molecule has 0 aliphatic rings. The Labute approximate surface area is 162 Å². The van der Waals surface area contributed by atoms with Crippen molar-refractivity contribution in [1.82, 2.24) is 10.2 Å². The molecule has 2 rings (SSSR count). The number of hydrogen-bond acceptors (Lipinski definition) is 9. The minimum Gasteiger partial charge on any atom is -0.369 e. The van der Waals surface area contributed by atoms with Crippen molar-refractivity contribution in [3.63, 3.8) is 0 Å². The molecule has 1 atom stereocenters. The Bertz CT molecular complexity index is 898. The molecule has 2 aromatic rings. The number of primary amides is 1. The van der Waals surface area contributed by atoms with E-state index in [-0.39, 0.29) is 16.6 Å². The van der Waals surface area contributed by atoms with Gasteiger partial charge in [0, 0.05) is 5.69 Å². The zero-order chi connectivity index (χ0) is 19.3. The lowest BCUT2D eigenvalue weighted by atomic mass is 10.3. The van der Waals surface area contributed by atoms with E-state index in [9.17, 15) is 18.0 Å². The molecule has 2 amide bonds. The van der Waals surface area contributed by atoms with Gasteiger partial charge in [-0.2, -0.15) is 0 Å². The van der Waals surface area contributed by atoms with Crippen LogP contribution in [0.2, 0.25) is 0 Å². The molecule has 0 fully saturated rings. The minimum absolute atomic E-state index is 0.0345. The second-order valence-corrected chi connectivity index (χ2v) is 10.3. The number of primary sulfonamides is 1. The van der Waals surface area contributed by atoms with Crippen LogP contribution < -0.4 is 16.2 Å². The van der Waals surface area contributed by atoms with Crippen molar-refractivity contribution in [3.8, 4) is 0 Å². The first-order valence-electron chi connectivity index (χ1n) is 7.00. The molecular weight excluding hydrogens is 418 g/mol. The first-order chi connectivity index (χ1) is 12.1. The summed E-state index contributed by atoms with van der Waals surface area (Å²) in [5, 5.41) is 15.1. The van der Waals surface area contributed by atoms with Crippen molar-refractivity contribution in [2.24, 2.45) is 10.9 Å². The summed E-state index contributed by atoms with van der Waals surface area (Å²) in [6.45, 7) is 1.70. The van der Waals surface area contributed by atoms with Crippen LogP contribution in [0.3, 0.4) is 0 Å². The van der Waals surface area contributed by atoms with Gasteiger partial charge in [0.1, 0.15) is 0 Å². The monoisotopic (exact) mass is 433 g/mol. The predicted molar refractivity (Wildman–Crippen MR) is 102 cm³/mol. The van der Waals surface area contributed by atoms with E-state index in [0.29, 0.717) is 14.4 Å². The normalized spacial score (nSPS) is 12.5. The highest BCUT2D eigenvalue weighted by Gasteiger charge is 2.18. The zero-order valence-electron chi connectivity index (χ0n) is 13.4. The van der Waals surface area contributed by atoms with Crippen LogP contribution in [-0.2, 0) is 19.6 Å². The number of carbonyl (C=O) groups is 2. The standard InChI is InChI=1S/C13H15N5O4S4/c1-7(24-13-18-17-12(25-13)23-6-10(14)19)11(20)16-8-2-4-9(5-3-8)26(15,21)22/h2-5,7H,6H2,1H3,(H2,14,19)(H,16,20)(H2,15,21,22). The third-order valence-corrected chi connectivity index (χ3v) is 7.02. The van der Waals surface area contributed by atoms with E-state index in [2.05, 4.69) is 15.5 Å². The summed E-state index contributed by atoms with van der Waals surface area (Å²) in [6.07, 6.45) is 0. The van der Waals surface area contributed by atoms with Crippen molar-refractivity contribution < 1.29 is 18.0 Å². The number of benzene rings is 1. The summed E-state index contributed by atoms with van der Waals surface area (Å²) < 4.78 is 23.6. The molecule has 1 heterocycles. The van der Waals surface area contributed by atoms with Gasteiger partial charge < -0.3 is 11.1 Å². The van der Waals surface area contributed by atoms with Crippen molar-refractivity contribution in [3.05, 3.63) is 24.3 Å². The van der Waals surface area contributed by atoms with E-state index in [4.69, 9.17) is 10.9 Å². The van der Waals surface area contributed by atoms with Gasteiger partial charge in [0.25, 0.3) is 0 Å². The van der Waals surface area contributed by atoms with Crippen molar-refractivity contribution in [1.29, 1.82) is 0 Å². The lowest BCUT2D eigenvalue weighted by Gasteiger charge is -2.10. The largest absolute Gasteiger partial charge is 0.369 e. The topological polar surface area (TPSA) is 158 Å². The maximum absolute atomic E-state index is 12.2. The fourth-order valence-corrected chi connectivity index (χ4v) is 5.03. The Morgan fingerprint density at radius 1 is 1.23 bits per heavy atom. The lowest BCUT2D eigenvalue weighted by Crippen LogP contribution is -2.22. The second-order valence-electron chi connectivity index (χ2n) is 4.91. The molecule has 0 bridgehead atoms. The van der Waals surface area contributed by atoms with Gasteiger partial charge in [-0.25, -0.2) is 13.6 Å². The van der Waals surface area contributed by atoms with E-state index in [1.54, 1.807) is 6.92 Å². The number of sulfonamides is 1. The highest BCUT2D eigenvalue weighted by atomic mass is 32.2. The molecule has 0 radical (unpaired) electrons. The minimum atomic E-state index is -3.77. The van der Waals surface area contributed by atoms with E-state index in [0.717, 1.165) is 0 Å². The van der Waals surface area contributed by atoms with Crippen LogP contribution in [-0.4, -0.2) is 41.4 Å². The molecule has 1 aromatic heterocycles. The third kappa shape index (κ3) is 6.25. The maximum atomic E-state index is 12.2. The second kappa shape index (κ2) is 8.81. The van der Waals surface area contributed by atoms with E-state index in [1.807, 2.05) is 0 Å². The van der Waals surface area contributed by atoms with Crippen molar-refractivity contribution >= 4 is 62.4 Å². The van der Waals surface area contributed by atoms with E-state index >= 15 is 0 Å². The van der Waals surface area contributed by atoms with Gasteiger partial charge in [-0.1, -0.05) is 34.9 Å². The molecular formula is C13H15N5O4S4. The number of nitrogens with one attached hydrogen (secondary N) is 1. The zero-order valence-corrected chi connectivity index (χ0v) is 16.7. The first-order valence-corrected chi connectivity index (χ1v) is 11.2. The number of carbonyl (C=O) groups excluding carboxylic acids is 2. The number of rotatable bonds is 8. The van der Waals surface area contributed by atoms with Crippen molar-refractivity contribution in [2.45, 2.75) is 25.7 Å². The molecule has 5 N–H and O–H groups in total. The van der Waals surface area contributed by atoms with Crippen LogP contribution in [0.5, 0.6) is 0 Å². The molecule has 0 aliphatic carbocycles. The highest BCUT2D eigenvalue weighted by molar-refractivity contribution is 8.04. The SMILES string of the molecule is CC(Sc1nnc(SCC(N)=O)s1)C(=O)Nc1ccc(S(N)(=O)=O)cc1. The quantitative estimate of drug-likeness (QED) is 0.518. The number of thioether (sulfide) groups is 2. The van der Waals surface area contributed by atoms with Crippen LogP contribution in [0.4, 0.5) is 5.69 Å². The fraction of sp³-hybridized carbons (Fsp3) is 0.231. The highest BCUT2D eigenvalue weighted by Crippen LogP contribution is 2.31. The molecule has 9 nitrogen and oxygen atoms in total. The van der Waals surface area contributed by atoms with Gasteiger partial charge in [0.2, 0.25) is 21.8 Å². The molecule has 26 heavy (non-hydrogen) atoms. The summed E-state index contributed by atoms with van der Waals surface area (Å²) in [4.78, 5) is 23.0. The average molecular weight is 434 g/mol. The van der Waals surface area contributed by atoms with E-state index in [1.165, 1.54) is 59.1 Å². The summed E-state index contributed by atoms with van der Waals surface area (Å²) >= 11 is 3.68. The lowest BCUT2D eigenvalue weighted by molar-refractivity contribution is -0.116. The summed E-state index contributed by atoms with van der Waals surface area (Å²) in [5.74, 6) is -0.607. The van der Waals surface area contributed by atoms with Crippen LogP contribution in [0.15, 0.2) is 37.8 Å². The van der Waals surface area contributed by atoms with Crippen LogP contribution in [0, 0.1) is 0 Å². The number of aromatic nitrogens is 2. The van der Waals surface area contributed by atoms with Crippen molar-refractivity contribution in [2.75, 3.05) is 11.1 Å². The van der Waals surface area contributed by atoms with Gasteiger partial charge in [0.15, 0.2) is 8.68 Å². The Balaban J connectivity index is 1.92. The van der Waals surface area contributed by atoms with Crippen LogP contribution in [0.25, 0.3) is 0 Å². The smallest absolute Gasteiger partial charge is 0.238 e. The molecule has 0 aliphatic heterocycles. The average Bonchev–Trinajstić information content (AvgIpc) is 3.00. The number of nitrogens with zero attached hydrogens (tertiary/aromatic N) is 2. The van der Waals surface area contributed by atoms with Gasteiger partial charge in [-0.05, 0) is 31.2 Å². The molecule has 0 spiro atoms. The summed E-state index contributed by atoms with van der Waals surface area (Å²) in [7, 11) is -3.77. The Hall–Kier alpha value is -1.67. The first kappa shape index (κ1) is 20.6. The van der Waals surface area contributed by atoms with Gasteiger partial charge in [-0.15, -0.1) is 10.2 Å². The molecule has 140 valence electrons. The Morgan fingerprint density at radius 2 is 1.85 bits per heavy atom. The number of amides is 2. The molecule has 0 saturated heterocycles. The Morgan fingerprint density at radius 3 is 2.42 bits per heavy atom. The Kier molecular flexibility index (Phi) is 7.00. The molecule has 0 saturated carbocycles. The number of hydrogen-bond donors (Lipinski definition) is 3. The molecule has 1 unspecified atom stereocenters. The number of nitrogens with two attached hydrogens (primary N) is 2. The third-order valence-electron chi connectivity index (χ3n) is 2.82. The predicted octanol–water partition coefficient (Wildman–Crippen LogP) is 0.882. The van der Waals surface area contributed by atoms with E-state index < -0.39 is 21.2 Å². The summed E-state index contributed by atoms with van der Waals surface area (Å²) in [6, 6.07) is 5.54. The maximum Gasteiger partial charge on any atom is 0.238 e. The van der Waals surface area contributed by atoms with Gasteiger partial charge >= 0.3 is 0 Å². The van der Waals surface area contributed by atoms with Gasteiger partial charge in [0.05, 0.1) is 15.9 Å². The summed E-state index contributed by atoms with van der Waals surface area (Å²) in [5.41, 5.74) is 5.52. The fourth-order valence-electron chi connectivity index (χ4n) is 1.61. The van der Waals surface area contributed by atoms with Crippen LogP contribution >= 0.6 is 34.9 Å². The number of anilines is 1. The van der Waals surface area contributed by atoms with Crippen LogP contribution in [0.1, 0.15) is 6.92 Å².